The lowest BCUT2D eigenvalue weighted by molar-refractivity contribution is 0.107. The zero-order chi connectivity index (χ0) is 13.9. The zero-order valence-electron chi connectivity index (χ0n) is 13.0. The quantitative estimate of drug-likeness (QED) is 0.759. The van der Waals surface area contributed by atoms with Crippen molar-refractivity contribution < 1.29 is 0 Å². The molecule has 1 fully saturated rings. The fourth-order valence-corrected chi connectivity index (χ4v) is 3.38. The van der Waals surface area contributed by atoms with E-state index in [4.69, 9.17) is 0 Å². The molecule has 0 N–H and O–H groups in total. The second-order valence-electron chi connectivity index (χ2n) is 7.27. The summed E-state index contributed by atoms with van der Waals surface area (Å²) in [7, 11) is 2.29. The van der Waals surface area contributed by atoms with Crippen LogP contribution in [0.3, 0.4) is 0 Å². The molecule has 0 aromatic heterocycles. The Morgan fingerprint density at radius 2 is 1.58 bits per heavy atom. The van der Waals surface area contributed by atoms with Gasteiger partial charge in [-0.15, -0.1) is 0 Å². The minimum absolute atomic E-state index is 0.489. The number of benzene rings is 1. The maximum atomic E-state index is 2.55. The van der Waals surface area contributed by atoms with E-state index in [-0.39, 0.29) is 0 Å². The van der Waals surface area contributed by atoms with Crippen molar-refractivity contribution in [1.29, 1.82) is 0 Å². The zero-order valence-corrected chi connectivity index (χ0v) is 13.0. The fraction of sp³-hybridized carbons (Fsp3) is 0.667. The Morgan fingerprint density at radius 1 is 1.00 bits per heavy atom. The van der Waals surface area contributed by atoms with E-state index < -0.39 is 0 Å². The smallest absolute Gasteiger partial charge is 0.0233 e. The Bertz CT molecular complexity index is 368. The number of hydrogen-bond acceptors (Lipinski definition) is 1. The van der Waals surface area contributed by atoms with Crippen molar-refractivity contribution in [1.82, 2.24) is 4.90 Å². The third-order valence-electron chi connectivity index (χ3n) is 4.82. The van der Waals surface area contributed by atoms with Crippen LogP contribution in [-0.2, 0) is 6.54 Å². The molecular weight excluding hydrogens is 230 g/mol. The maximum absolute atomic E-state index is 2.55. The molecule has 0 amide bonds. The number of rotatable bonds is 3. The molecule has 2 rings (SSSR count). The molecule has 0 spiro atoms. The monoisotopic (exact) mass is 259 g/mol. The standard InChI is InChI=1S/C18H29N/c1-18(2,3)16-10-12-17(13-11-16)19(4)14-15-8-6-5-7-9-15/h5-9,16-17H,10-14H2,1-4H3/t16-,17+. The number of hydrogen-bond donors (Lipinski definition) is 0. The summed E-state index contributed by atoms with van der Waals surface area (Å²) in [6.45, 7) is 8.27. The fourth-order valence-electron chi connectivity index (χ4n) is 3.38. The van der Waals surface area contributed by atoms with Gasteiger partial charge in [0.1, 0.15) is 0 Å². The highest BCUT2D eigenvalue weighted by Gasteiger charge is 2.30. The van der Waals surface area contributed by atoms with Crippen LogP contribution >= 0.6 is 0 Å². The van der Waals surface area contributed by atoms with Crippen molar-refractivity contribution in [3.63, 3.8) is 0 Å². The highest BCUT2D eigenvalue weighted by Crippen LogP contribution is 2.38. The molecule has 1 aliphatic carbocycles. The lowest BCUT2D eigenvalue weighted by atomic mass is 9.71. The van der Waals surface area contributed by atoms with Crippen LogP contribution in [0.15, 0.2) is 30.3 Å². The van der Waals surface area contributed by atoms with Crippen molar-refractivity contribution in [2.45, 2.75) is 59.0 Å². The first-order valence-electron chi connectivity index (χ1n) is 7.71. The first kappa shape index (κ1) is 14.6. The summed E-state index contributed by atoms with van der Waals surface area (Å²) in [5.74, 6) is 0.911. The molecule has 1 aromatic rings. The van der Waals surface area contributed by atoms with Crippen LogP contribution in [0.2, 0.25) is 0 Å². The average molecular weight is 259 g/mol. The van der Waals surface area contributed by atoms with Gasteiger partial charge in [-0.1, -0.05) is 51.1 Å². The predicted octanol–water partition coefficient (Wildman–Crippen LogP) is 4.72. The van der Waals surface area contributed by atoms with Crippen LogP contribution in [0.1, 0.15) is 52.0 Å². The largest absolute Gasteiger partial charge is 0.299 e. The summed E-state index contributed by atoms with van der Waals surface area (Å²) in [6.07, 6.45) is 5.52. The Morgan fingerprint density at radius 3 is 2.11 bits per heavy atom. The van der Waals surface area contributed by atoms with E-state index in [1.54, 1.807) is 0 Å². The molecule has 1 aromatic carbocycles. The minimum atomic E-state index is 0.489. The third kappa shape index (κ3) is 4.07. The lowest BCUT2D eigenvalue weighted by Gasteiger charge is -2.40. The predicted molar refractivity (Wildman–Crippen MR) is 83.1 cm³/mol. The molecule has 19 heavy (non-hydrogen) atoms. The summed E-state index contributed by atoms with van der Waals surface area (Å²) in [5.41, 5.74) is 1.92. The highest BCUT2D eigenvalue weighted by molar-refractivity contribution is 5.14. The van der Waals surface area contributed by atoms with Crippen molar-refractivity contribution >= 4 is 0 Å². The molecule has 0 unspecified atom stereocenters. The molecule has 0 saturated heterocycles. The molecule has 0 atom stereocenters. The molecule has 1 heteroatoms. The van der Waals surface area contributed by atoms with Gasteiger partial charge >= 0.3 is 0 Å². The Labute approximate surface area is 119 Å². The van der Waals surface area contributed by atoms with E-state index in [9.17, 15) is 0 Å². The van der Waals surface area contributed by atoms with Crippen LogP contribution < -0.4 is 0 Å². The molecule has 0 bridgehead atoms. The minimum Gasteiger partial charge on any atom is -0.299 e. The van der Waals surface area contributed by atoms with Crippen molar-refractivity contribution in [3.8, 4) is 0 Å². The van der Waals surface area contributed by atoms with Crippen LogP contribution in [0.4, 0.5) is 0 Å². The molecule has 1 aliphatic rings. The molecule has 1 nitrogen and oxygen atoms in total. The van der Waals surface area contributed by atoms with E-state index in [1.807, 2.05) is 0 Å². The van der Waals surface area contributed by atoms with Gasteiger partial charge in [0.2, 0.25) is 0 Å². The second kappa shape index (κ2) is 6.09. The van der Waals surface area contributed by atoms with Crippen LogP contribution in [0, 0.1) is 11.3 Å². The Kier molecular flexibility index (Phi) is 4.67. The second-order valence-corrected chi connectivity index (χ2v) is 7.27. The van der Waals surface area contributed by atoms with Crippen molar-refractivity contribution in [3.05, 3.63) is 35.9 Å². The normalized spacial score (nSPS) is 24.7. The SMILES string of the molecule is CN(Cc1ccccc1)[C@H]1CC[C@@H](C(C)(C)C)CC1. The molecule has 1 saturated carbocycles. The van der Waals surface area contributed by atoms with Gasteiger partial charge in [-0.05, 0) is 49.6 Å². The van der Waals surface area contributed by atoms with Crippen LogP contribution in [0.25, 0.3) is 0 Å². The molecular formula is C18H29N. The van der Waals surface area contributed by atoms with Crippen LogP contribution in [0.5, 0.6) is 0 Å². The summed E-state index contributed by atoms with van der Waals surface area (Å²) in [5, 5.41) is 0. The van der Waals surface area contributed by atoms with Gasteiger partial charge in [0, 0.05) is 12.6 Å². The van der Waals surface area contributed by atoms with Crippen LogP contribution in [-0.4, -0.2) is 18.0 Å². The van der Waals surface area contributed by atoms with Gasteiger partial charge in [0.15, 0.2) is 0 Å². The first-order valence-corrected chi connectivity index (χ1v) is 7.71. The van der Waals surface area contributed by atoms with Gasteiger partial charge in [-0.3, -0.25) is 4.90 Å². The summed E-state index contributed by atoms with van der Waals surface area (Å²) >= 11 is 0. The van der Waals surface area contributed by atoms with E-state index >= 15 is 0 Å². The molecule has 0 aliphatic heterocycles. The molecule has 0 heterocycles. The van der Waals surface area contributed by atoms with Crippen molar-refractivity contribution in [2.75, 3.05) is 7.05 Å². The lowest BCUT2D eigenvalue weighted by Crippen LogP contribution is -2.37. The third-order valence-corrected chi connectivity index (χ3v) is 4.82. The van der Waals surface area contributed by atoms with E-state index in [1.165, 1.54) is 31.2 Å². The number of nitrogens with zero attached hydrogens (tertiary/aromatic N) is 1. The highest BCUT2D eigenvalue weighted by atomic mass is 15.1. The van der Waals surface area contributed by atoms with E-state index in [0.717, 1.165) is 18.5 Å². The summed E-state index contributed by atoms with van der Waals surface area (Å²) in [4.78, 5) is 2.55. The van der Waals surface area contributed by atoms with Gasteiger partial charge in [-0.25, -0.2) is 0 Å². The van der Waals surface area contributed by atoms with E-state index in [2.05, 4.69) is 63.1 Å². The maximum Gasteiger partial charge on any atom is 0.0233 e. The Hall–Kier alpha value is -0.820. The van der Waals surface area contributed by atoms with Gasteiger partial charge in [-0.2, -0.15) is 0 Å². The first-order chi connectivity index (χ1) is 8.97. The van der Waals surface area contributed by atoms with Crippen molar-refractivity contribution in [2.24, 2.45) is 11.3 Å². The topological polar surface area (TPSA) is 3.24 Å². The Balaban J connectivity index is 1.84. The molecule has 106 valence electrons. The van der Waals surface area contributed by atoms with E-state index in [0.29, 0.717) is 5.41 Å². The van der Waals surface area contributed by atoms with Gasteiger partial charge < -0.3 is 0 Å². The summed E-state index contributed by atoms with van der Waals surface area (Å²) in [6, 6.07) is 11.6. The molecule has 0 radical (unpaired) electrons. The average Bonchev–Trinajstić information content (AvgIpc) is 2.39. The van der Waals surface area contributed by atoms with Gasteiger partial charge in [0.25, 0.3) is 0 Å². The van der Waals surface area contributed by atoms with Gasteiger partial charge in [0.05, 0.1) is 0 Å². The summed E-state index contributed by atoms with van der Waals surface area (Å²) < 4.78 is 0.